The Bertz CT molecular complexity index is 601. The molecular weight excluding hydrogens is 456 g/mol. The predicted molar refractivity (Wildman–Crippen MR) is 161 cm³/mol. The van der Waals surface area contributed by atoms with Gasteiger partial charge in [-0.05, 0) is 30.5 Å². The van der Waals surface area contributed by atoms with E-state index in [1.165, 1.54) is 135 Å². The molecule has 0 saturated heterocycles. The quantitative estimate of drug-likeness (QED) is 0.112. The smallest absolute Gasteiger partial charge is 0.123 e. The first-order valence-corrected chi connectivity index (χ1v) is 16.3. The standard InChI is InChI=1S/C34H62O3/c1-3-5-7-9-11-13-15-16-17-19-21-23-25-27-37-34-29-32(31-35)28-33(30-34)36-26-24-22-20-18-14-12-10-8-6-4-2/h28-30,35H,3-27,31H2,1-2H3. The van der Waals surface area contributed by atoms with Crippen molar-refractivity contribution in [2.24, 2.45) is 0 Å². The van der Waals surface area contributed by atoms with Crippen molar-refractivity contribution in [1.82, 2.24) is 0 Å². The van der Waals surface area contributed by atoms with E-state index in [1.807, 2.05) is 18.2 Å². The van der Waals surface area contributed by atoms with Crippen molar-refractivity contribution in [1.29, 1.82) is 0 Å². The summed E-state index contributed by atoms with van der Waals surface area (Å²) in [6.07, 6.45) is 30.9. The fraction of sp³-hybridized carbons (Fsp3) is 0.824. The van der Waals surface area contributed by atoms with Crippen LogP contribution in [0, 0.1) is 0 Å². The van der Waals surface area contributed by atoms with E-state index < -0.39 is 0 Å². The van der Waals surface area contributed by atoms with Crippen LogP contribution in [0.25, 0.3) is 0 Å². The van der Waals surface area contributed by atoms with Crippen molar-refractivity contribution in [3.8, 4) is 11.5 Å². The monoisotopic (exact) mass is 518 g/mol. The molecule has 1 aromatic rings. The van der Waals surface area contributed by atoms with Crippen LogP contribution >= 0.6 is 0 Å². The van der Waals surface area contributed by atoms with E-state index in [4.69, 9.17) is 9.47 Å². The van der Waals surface area contributed by atoms with Gasteiger partial charge in [0.05, 0.1) is 19.8 Å². The van der Waals surface area contributed by atoms with Crippen LogP contribution in [0.1, 0.15) is 167 Å². The first kappa shape index (κ1) is 33.8. The van der Waals surface area contributed by atoms with Crippen molar-refractivity contribution in [2.75, 3.05) is 13.2 Å². The molecule has 0 atom stereocenters. The van der Waals surface area contributed by atoms with Crippen LogP contribution in [0.15, 0.2) is 18.2 Å². The fourth-order valence-corrected chi connectivity index (χ4v) is 4.98. The molecule has 0 unspecified atom stereocenters. The summed E-state index contributed by atoms with van der Waals surface area (Å²) in [5.74, 6) is 1.64. The van der Waals surface area contributed by atoms with Gasteiger partial charge in [-0.1, -0.05) is 149 Å². The molecule has 0 aliphatic rings. The lowest BCUT2D eigenvalue weighted by atomic mass is 10.0. The van der Waals surface area contributed by atoms with Gasteiger partial charge in [-0.15, -0.1) is 0 Å². The molecule has 1 N–H and O–H groups in total. The lowest BCUT2D eigenvalue weighted by Crippen LogP contribution is -2.01. The van der Waals surface area contributed by atoms with Gasteiger partial charge in [0.15, 0.2) is 0 Å². The first-order valence-electron chi connectivity index (χ1n) is 16.3. The molecule has 0 fully saturated rings. The Morgan fingerprint density at radius 1 is 0.432 bits per heavy atom. The van der Waals surface area contributed by atoms with Gasteiger partial charge in [0, 0.05) is 6.07 Å². The molecule has 37 heavy (non-hydrogen) atoms. The number of ether oxygens (including phenoxy) is 2. The Labute approximate surface area is 231 Å². The third kappa shape index (κ3) is 21.4. The van der Waals surface area contributed by atoms with Gasteiger partial charge < -0.3 is 14.6 Å². The summed E-state index contributed by atoms with van der Waals surface area (Å²) in [5.41, 5.74) is 0.862. The SMILES string of the molecule is CCCCCCCCCCCCCCCOc1cc(CO)cc(OCCCCCCCCCCCC)c1. The third-order valence-corrected chi connectivity index (χ3v) is 7.41. The van der Waals surface area contributed by atoms with Gasteiger partial charge in [-0.3, -0.25) is 0 Å². The summed E-state index contributed by atoms with van der Waals surface area (Å²) in [5, 5.41) is 9.63. The zero-order chi connectivity index (χ0) is 26.7. The van der Waals surface area contributed by atoms with E-state index in [1.54, 1.807) is 0 Å². The lowest BCUT2D eigenvalue weighted by molar-refractivity contribution is 0.271. The average Bonchev–Trinajstić information content (AvgIpc) is 2.91. The van der Waals surface area contributed by atoms with Gasteiger partial charge in [0.1, 0.15) is 11.5 Å². The third-order valence-electron chi connectivity index (χ3n) is 7.41. The second-order valence-corrected chi connectivity index (χ2v) is 11.1. The van der Waals surface area contributed by atoms with Crippen molar-refractivity contribution in [3.63, 3.8) is 0 Å². The van der Waals surface area contributed by atoms with E-state index in [-0.39, 0.29) is 6.61 Å². The largest absolute Gasteiger partial charge is 0.493 e. The maximum atomic E-state index is 9.63. The number of aliphatic hydroxyl groups is 1. The highest BCUT2D eigenvalue weighted by Crippen LogP contribution is 2.24. The molecule has 0 bridgehead atoms. The second-order valence-electron chi connectivity index (χ2n) is 11.1. The molecule has 0 heterocycles. The maximum Gasteiger partial charge on any atom is 0.123 e. The highest BCUT2D eigenvalue weighted by atomic mass is 16.5. The van der Waals surface area contributed by atoms with Crippen LogP contribution in [0.2, 0.25) is 0 Å². The first-order chi connectivity index (χ1) is 18.3. The van der Waals surface area contributed by atoms with Crippen LogP contribution in [0.5, 0.6) is 11.5 Å². The fourth-order valence-electron chi connectivity index (χ4n) is 4.98. The molecule has 0 saturated carbocycles. The second kappa shape index (κ2) is 26.4. The number of hydrogen-bond acceptors (Lipinski definition) is 3. The molecule has 0 aliphatic heterocycles. The van der Waals surface area contributed by atoms with E-state index in [0.29, 0.717) is 0 Å². The Morgan fingerprint density at radius 3 is 1.03 bits per heavy atom. The van der Waals surface area contributed by atoms with Crippen LogP contribution in [-0.4, -0.2) is 18.3 Å². The summed E-state index contributed by atoms with van der Waals surface area (Å²) in [7, 11) is 0. The van der Waals surface area contributed by atoms with Crippen molar-refractivity contribution >= 4 is 0 Å². The summed E-state index contributed by atoms with van der Waals surface area (Å²) in [6.45, 7) is 6.06. The van der Waals surface area contributed by atoms with Gasteiger partial charge >= 0.3 is 0 Å². The molecule has 1 rings (SSSR count). The van der Waals surface area contributed by atoms with Crippen LogP contribution in [-0.2, 0) is 6.61 Å². The van der Waals surface area contributed by atoms with Crippen molar-refractivity contribution < 1.29 is 14.6 Å². The number of benzene rings is 1. The van der Waals surface area contributed by atoms with Gasteiger partial charge in [0.25, 0.3) is 0 Å². The Morgan fingerprint density at radius 2 is 0.730 bits per heavy atom. The highest BCUT2D eigenvalue weighted by molar-refractivity contribution is 5.38. The molecule has 0 radical (unpaired) electrons. The molecule has 0 spiro atoms. The van der Waals surface area contributed by atoms with E-state index in [0.717, 1.165) is 43.1 Å². The molecule has 216 valence electrons. The minimum Gasteiger partial charge on any atom is -0.493 e. The van der Waals surface area contributed by atoms with E-state index in [2.05, 4.69) is 13.8 Å². The molecule has 3 nitrogen and oxygen atoms in total. The van der Waals surface area contributed by atoms with Crippen LogP contribution in [0.4, 0.5) is 0 Å². The molecule has 3 heteroatoms. The minimum atomic E-state index is 0.0184. The minimum absolute atomic E-state index is 0.0184. The normalized spacial score (nSPS) is 11.2. The molecule has 0 amide bonds. The summed E-state index contributed by atoms with van der Waals surface area (Å²) >= 11 is 0. The van der Waals surface area contributed by atoms with Crippen molar-refractivity contribution in [3.05, 3.63) is 23.8 Å². The van der Waals surface area contributed by atoms with E-state index >= 15 is 0 Å². The van der Waals surface area contributed by atoms with Gasteiger partial charge in [-0.2, -0.15) is 0 Å². The molecule has 0 aliphatic carbocycles. The van der Waals surface area contributed by atoms with Gasteiger partial charge in [0.2, 0.25) is 0 Å². The van der Waals surface area contributed by atoms with Crippen molar-refractivity contribution in [2.45, 2.75) is 168 Å². The van der Waals surface area contributed by atoms with E-state index in [9.17, 15) is 5.11 Å². The summed E-state index contributed by atoms with van der Waals surface area (Å²) in [4.78, 5) is 0. The average molecular weight is 519 g/mol. The number of aliphatic hydroxyl groups excluding tert-OH is 1. The van der Waals surface area contributed by atoms with Crippen LogP contribution in [0.3, 0.4) is 0 Å². The summed E-state index contributed by atoms with van der Waals surface area (Å²) in [6, 6.07) is 5.86. The predicted octanol–water partition coefficient (Wildman–Crippen LogP) is 10.9. The Balaban J connectivity index is 2.04. The zero-order valence-corrected chi connectivity index (χ0v) is 24.9. The highest BCUT2D eigenvalue weighted by Gasteiger charge is 2.04. The Kier molecular flexibility index (Phi) is 24.1. The molecule has 0 aromatic heterocycles. The lowest BCUT2D eigenvalue weighted by Gasteiger charge is -2.12. The Hall–Kier alpha value is -1.22. The van der Waals surface area contributed by atoms with Gasteiger partial charge in [-0.25, -0.2) is 0 Å². The molecule has 1 aromatic carbocycles. The number of rotatable bonds is 28. The number of hydrogen-bond donors (Lipinski definition) is 1. The summed E-state index contributed by atoms with van der Waals surface area (Å²) < 4.78 is 12.0. The number of unbranched alkanes of at least 4 members (excludes halogenated alkanes) is 21. The zero-order valence-electron chi connectivity index (χ0n) is 24.9. The topological polar surface area (TPSA) is 38.7 Å². The molecular formula is C34H62O3. The van der Waals surface area contributed by atoms with Crippen LogP contribution < -0.4 is 9.47 Å². The maximum absolute atomic E-state index is 9.63.